The molecular formula is C11H20N2OS. The zero-order valence-electron chi connectivity index (χ0n) is 9.96. The van der Waals surface area contributed by atoms with Crippen molar-refractivity contribution < 1.29 is 4.74 Å². The van der Waals surface area contributed by atoms with Crippen molar-refractivity contribution in [1.82, 2.24) is 4.98 Å². The monoisotopic (exact) mass is 228 g/mol. The van der Waals surface area contributed by atoms with Crippen LogP contribution in [-0.2, 0) is 23.3 Å². The number of hydrogen-bond donors (Lipinski definition) is 1. The average molecular weight is 228 g/mol. The van der Waals surface area contributed by atoms with Crippen LogP contribution in [0.15, 0.2) is 0 Å². The average Bonchev–Trinajstić information content (AvgIpc) is 2.62. The molecule has 1 heterocycles. The Hall–Kier alpha value is -0.450. The normalized spacial score (nSPS) is 12.1. The molecule has 0 aliphatic carbocycles. The van der Waals surface area contributed by atoms with Crippen molar-refractivity contribution in [3.63, 3.8) is 0 Å². The van der Waals surface area contributed by atoms with Crippen molar-refractivity contribution in [3.8, 4) is 0 Å². The van der Waals surface area contributed by atoms with Gasteiger partial charge in [0.25, 0.3) is 0 Å². The van der Waals surface area contributed by atoms with Gasteiger partial charge in [0.15, 0.2) is 0 Å². The molecule has 1 aromatic heterocycles. The van der Waals surface area contributed by atoms with E-state index in [1.807, 2.05) is 13.8 Å². The van der Waals surface area contributed by atoms with Crippen molar-refractivity contribution in [2.75, 3.05) is 7.11 Å². The number of rotatable bonds is 5. The van der Waals surface area contributed by atoms with Gasteiger partial charge >= 0.3 is 0 Å². The van der Waals surface area contributed by atoms with Crippen molar-refractivity contribution in [1.29, 1.82) is 0 Å². The highest BCUT2D eigenvalue weighted by atomic mass is 32.1. The second kappa shape index (κ2) is 5.05. The van der Waals surface area contributed by atoms with E-state index in [0.29, 0.717) is 6.54 Å². The van der Waals surface area contributed by atoms with Gasteiger partial charge in [0, 0.05) is 18.5 Å². The summed E-state index contributed by atoms with van der Waals surface area (Å²) < 4.78 is 5.42. The summed E-state index contributed by atoms with van der Waals surface area (Å²) >= 11 is 1.67. The van der Waals surface area contributed by atoms with E-state index >= 15 is 0 Å². The molecule has 0 aromatic carbocycles. The largest absolute Gasteiger partial charge is 0.372 e. The number of methoxy groups -OCH3 is 1. The molecule has 0 spiro atoms. The van der Waals surface area contributed by atoms with Crippen LogP contribution in [0.4, 0.5) is 0 Å². The number of hydrogen-bond acceptors (Lipinski definition) is 4. The predicted molar refractivity (Wildman–Crippen MR) is 64.0 cm³/mol. The number of aryl methyl sites for hydroxylation is 1. The zero-order chi connectivity index (χ0) is 11.5. The Morgan fingerprint density at radius 3 is 2.60 bits per heavy atom. The topological polar surface area (TPSA) is 48.1 Å². The van der Waals surface area contributed by atoms with Gasteiger partial charge in [-0.3, -0.25) is 0 Å². The second-order valence-corrected chi connectivity index (χ2v) is 5.14. The van der Waals surface area contributed by atoms with Gasteiger partial charge in [-0.2, -0.15) is 0 Å². The standard InChI is InChI=1S/C11H20N2OS/c1-5-6-8-9(7-12)15-10(13-8)11(2,3)14-4/h5-7,12H2,1-4H3. The van der Waals surface area contributed by atoms with Crippen molar-refractivity contribution >= 4 is 11.3 Å². The van der Waals surface area contributed by atoms with Crippen LogP contribution in [-0.4, -0.2) is 12.1 Å². The molecule has 0 radical (unpaired) electrons. The van der Waals surface area contributed by atoms with Crippen LogP contribution in [0.3, 0.4) is 0 Å². The highest BCUT2D eigenvalue weighted by molar-refractivity contribution is 7.11. The molecule has 86 valence electrons. The van der Waals surface area contributed by atoms with E-state index in [2.05, 4.69) is 11.9 Å². The van der Waals surface area contributed by atoms with Crippen LogP contribution in [0.2, 0.25) is 0 Å². The second-order valence-electron chi connectivity index (χ2n) is 4.06. The first-order chi connectivity index (χ1) is 7.05. The minimum absolute atomic E-state index is 0.305. The van der Waals surface area contributed by atoms with Gasteiger partial charge in [-0.05, 0) is 20.3 Å². The third-order valence-electron chi connectivity index (χ3n) is 2.48. The van der Waals surface area contributed by atoms with Crippen LogP contribution in [0, 0.1) is 0 Å². The van der Waals surface area contributed by atoms with Crippen LogP contribution in [0.1, 0.15) is 42.8 Å². The predicted octanol–water partition coefficient (Wildman–Crippen LogP) is 2.44. The molecular weight excluding hydrogens is 208 g/mol. The van der Waals surface area contributed by atoms with Gasteiger partial charge in [-0.1, -0.05) is 13.3 Å². The summed E-state index contributed by atoms with van der Waals surface area (Å²) in [6, 6.07) is 0. The summed E-state index contributed by atoms with van der Waals surface area (Å²) in [4.78, 5) is 5.82. The molecule has 0 amide bonds. The lowest BCUT2D eigenvalue weighted by atomic mass is 10.1. The fourth-order valence-corrected chi connectivity index (χ4v) is 2.39. The van der Waals surface area contributed by atoms with Gasteiger partial charge in [0.05, 0.1) is 5.69 Å². The van der Waals surface area contributed by atoms with E-state index in [1.165, 1.54) is 4.88 Å². The Morgan fingerprint density at radius 1 is 1.47 bits per heavy atom. The third-order valence-corrected chi connectivity index (χ3v) is 3.90. The molecule has 0 atom stereocenters. The maximum atomic E-state index is 5.71. The maximum Gasteiger partial charge on any atom is 0.125 e. The van der Waals surface area contributed by atoms with E-state index in [-0.39, 0.29) is 5.60 Å². The number of nitrogens with zero attached hydrogens (tertiary/aromatic N) is 1. The summed E-state index contributed by atoms with van der Waals surface area (Å²) in [6.07, 6.45) is 2.10. The summed E-state index contributed by atoms with van der Waals surface area (Å²) in [6.45, 7) is 6.79. The van der Waals surface area contributed by atoms with E-state index in [4.69, 9.17) is 10.5 Å². The Balaban J connectivity index is 3.01. The van der Waals surface area contributed by atoms with E-state index in [0.717, 1.165) is 23.5 Å². The smallest absolute Gasteiger partial charge is 0.125 e. The molecule has 2 N–H and O–H groups in total. The lowest BCUT2D eigenvalue weighted by Gasteiger charge is -2.19. The lowest BCUT2D eigenvalue weighted by Crippen LogP contribution is -2.19. The summed E-state index contributed by atoms with van der Waals surface area (Å²) in [5.41, 5.74) is 6.55. The SMILES string of the molecule is CCCc1nc(C(C)(C)OC)sc1CN. The molecule has 0 saturated heterocycles. The molecule has 1 rings (SSSR count). The van der Waals surface area contributed by atoms with E-state index in [9.17, 15) is 0 Å². The fraction of sp³-hybridized carbons (Fsp3) is 0.727. The minimum atomic E-state index is -0.305. The molecule has 1 aromatic rings. The highest BCUT2D eigenvalue weighted by Gasteiger charge is 2.25. The van der Waals surface area contributed by atoms with Crippen LogP contribution >= 0.6 is 11.3 Å². The molecule has 3 nitrogen and oxygen atoms in total. The van der Waals surface area contributed by atoms with Crippen molar-refractivity contribution in [2.24, 2.45) is 5.73 Å². The Labute approximate surface area is 95.7 Å². The van der Waals surface area contributed by atoms with Gasteiger partial charge in [-0.25, -0.2) is 4.98 Å². The number of nitrogens with two attached hydrogens (primary N) is 1. The van der Waals surface area contributed by atoms with Crippen LogP contribution in [0.25, 0.3) is 0 Å². The van der Waals surface area contributed by atoms with Crippen LogP contribution in [0.5, 0.6) is 0 Å². The fourth-order valence-electron chi connectivity index (χ4n) is 1.32. The van der Waals surface area contributed by atoms with Gasteiger partial charge in [-0.15, -0.1) is 11.3 Å². The summed E-state index contributed by atoms with van der Waals surface area (Å²) in [5.74, 6) is 0. The first-order valence-electron chi connectivity index (χ1n) is 5.29. The molecule has 4 heteroatoms. The first kappa shape index (κ1) is 12.6. The maximum absolute atomic E-state index is 5.71. The minimum Gasteiger partial charge on any atom is -0.372 e. The summed E-state index contributed by atoms with van der Waals surface area (Å²) in [7, 11) is 1.71. The van der Waals surface area contributed by atoms with Gasteiger partial charge in [0.1, 0.15) is 10.6 Å². The molecule has 0 aliphatic rings. The Morgan fingerprint density at radius 2 is 2.13 bits per heavy atom. The Kier molecular flexibility index (Phi) is 4.25. The first-order valence-corrected chi connectivity index (χ1v) is 6.11. The molecule has 0 fully saturated rings. The molecule has 0 saturated carbocycles. The quantitative estimate of drug-likeness (QED) is 0.842. The number of aromatic nitrogens is 1. The molecule has 0 bridgehead atoms. The van der Waals surface area contributed by atoms with Gasteiger partial charge in [0.2, 0.25) is 0 Å². The van der Waals surface area contributed by atoms with Crippen LogP contribution < -0.4 is 5.73 Å². The third kappa shape index (κ3) is 2.77. The lowest BCUT2D eigenvalue weighted by molar-refractivity contribution is 0.0189. The zero-order valence-corrected chi connectivity index (χ0v) is 10.8. The van der Waals surface area contributed by atoms with E-state index < -0.39 is 0 Å². The molecule has 15 heavy (non-hydrogen) atoms. The molecule has 0 aliphatic heterocycles. The van der Waals surface area contributed by atoms with E-state index in [1.54, 1.807) is 18.4 Å². The summed E-state index contributed by atoms with van der Waals surface area (Å²) in [5, 5.41) is 1.02. The Bertz CT molecular complexity index is 320. The number of thiazole rings is 1. The van der Waals surface area contributed by atoms with Crippen molar-refractivity contribution in [2.45, 2.75) is 45.8 Å². The highest BCUT2D eigenvalue weighted by Crippen LogP contribution is 2.30. The number of ether oxygens (including phenoxy) is 1. The van der Waals surface area contributed by atoms with Gasteiger partial charge < -0.3 is 10.5 Å². The van der Waals surface area contributed by atoms with Crippen molar-refractivity contribution in [3.05, 3.63) is 15.6 Å². The molecule has 0 unspecified atom stereocenters.